The number of amides is 1. The molecule has 1 aromatic rings. The maximum atomic E-state index is 11.8. The lowest BCUT2D eigenvalue weighted by atomic mass is 10.2. The van der Waals surface area contributed by atoms with E-state index in [9.17, 15) is 13.2 Å². The fourth-order valence-electron chi connectivity index (χ4n) is 1.73. The molecule has 0 radical (unpaired) electrons. The summed E-state index contributed by atoms with van der Waals surface area (Å²) in [5.41, 5.74) is 6.65. The molecule has 0 aliphatic heterocycles. The molecule has 0 fully saturated rings. The fourth-order valence-corrected chi connectivity index (χ4v) is 2.28. The molecule has 0 heterocycles. The Morgan fingerprint density at radius 2 is 2.00 bits per heavy atom. The largest absolute Gasteiger partial charge is 0.397 e. The summed E-state index contributed by atoms with van der Waals surface area (Å²) in [6, 6.07) is 4.18. The molecular weight excluding hydrogens is 292 g/mol. The first-order valence-corrected chi connectivity index (χ1v) is 8.06. The van der Waals surface area contributed by atoms with Crippen molar-refractivity contribution in [1.82, 2.24) is 5.32 Å². The second kappa shape index (κ2) is 6.77. The number of carbonyl (C=O) groups excluding carboxylic acids is 1. The van der Waals surface area contributed by atoms with E-state index in [2.05, 4.69) is 5.32 Å². The summed E-state index contributed by atoms with van der Waals surface area (Å²) in [4.78, 5) is 13.4. The van der Waals surface area contributed by atoms with Crippen molar-refractivity contribution in [3.63, 3.8) is 0 Å². The van der Waals surface area contributed by atoms with Gasteiger partial charge in [-0.3, -0.25) is 4.79 Å². The van der Waals surface area contributed by atoms with Gasteiger partial charge in [0.15, 0.2) is 0 Å². The summed E-state index contributed by atoms with van der Waals surface area (Å²) in [6.45, 7) is 4.75. The van der Waals surface area contributed by atoms with Gasteiger partial charge >= 0.3 is 0 Å². The molecule has 8 heteroatoms. The number of hydrogen-bond acceptors (Lipinski definition) is 5. The third kappa shape index (κ3) is 5.24. The number of carbonyl (C=O) groups is 1. The summed E-state index contributed by atoms with van der Waals surface area (Å²) in [5.74, 6) is 0.250. The number of nitrogens with two attached hydrogens (primary N) is 2. The number of rotatable bonds is 6. The maximum absolute atomic E-state index is 11.8. The first kappa shape index (κ1) is 17.3. The summed E-state index contributed by atoms with van der Waals surface area (Å²) in [5, 5.41) is 7.84. The van der Waals surface area contributed by atoms with Crippen molar-refractivity contribution in [3.05, 3.63) is 18.2 Å². The Hall–Kier alpha value is -1.80. The minimum absolute atomic E-state index is 0.0543. The van der Waals surface area contributed by atoms with E-state index >= 15 is 0 Å². The molecule has 0 saturated carbocycles. The summed E-state index contributed by atoms with van der Waals surface area (Å²) in [7, 11) is -2.08. The zero-order valence-corrected chi connectivity index (χ0v) is 13.3. The minimum atomic E-state index is -3.79. The molecule has 5 N–H and O–H groups in total. The maximum Gasteiger partial charge on any atom is 0.239 e. The first-order chi connectivity index (χ1) is 9.61. The van der Waals surface area contributed by atoms with E-state index in [-0.39, 0.29) is 23.0 Å². The smallest absolute Gasteiger partial charge is 0.239 e. The number of nitrogens with zero attached hydrogens (tertiary/aromatic N) is 1. The Labute approximate surface area is 125 Å². The van der Waals surface area contributed by atoms with Gasteiger partial charge in [0.05, 0.1) is 22.8 Å². The lowest BCUT2D eigenvalue weighted by Crippen LogP contribution is -2.37. The molecule has 0 aliphatic rings. The van der Waals surface area contributed by atoms with Crippen LogP contribution in [0.4, 0.5) is 11.4 Å². The van der Waals surface area contributed by atoms with E-state index in [1.54, 1.807) is 11.9 Å². The zero-order chi connectivity index (χ0) is 16.2. The molecule has 0 saturated heterocycles. The number of anilines is 2. The Morgan fingerprint density at radius 3 is 2.48 bits per heavy atom. The van der Waals surface area contributed by atoms with E-state index in [0.29, 0.717) is 18.2 Å². The molecular formula is C13H22N4O3S. The second-order valence-electron chi connectivity index (χ2n) is 5.32. The summed E-state index contributed by atoms with van der Waals surface area (Å²) < 4.78 is 22.5. The van der Waals surface area contributed by atoms with Crippen molar-refractivity contribution in [2.75, 3.05) is 30.8 Å². The van der Waals surface area contributed by atoms with Gasteiger partial charge in [-0.05, 0) is 24.1 Å². The van der Waals surface area contributed by atoms with Crippen LogP contribution in [0.5, 0.6) is 0 Å². The van der Waals surface area contributed by atoms with Gasteiger partial charge < -0.3 is 16.0 Å². The van der Waals surface area contributed by atoms with E-state index in [1.165, 1.54) is 18.2 Å². The summed E-state index contributed by atoms with van der Waals surface area (Å²) >= 11 is 0. The predicted octanol–water partition coefficient (Wildman–Crippen LogP) is 0.125. The molecule has 0 aromatic heterocycles. The van der Waals surface area contributed by atoms with Crippen molar-refractivity contribution in [2.45, 2.75) is 18.7 Å². The molecule has 118 valence electrons. The highest BCUT2D eigenvalue weighted by atomic mass is 32.2. The van der Waals surface area contributed by atoms with Crippen molar-refractivity contribution in [2.24, 2.45) is 11.1 Å². The normalized spacial score (nSPS) is 11.5. The van der Waals surface area contributed by atoms with Gasteiger partial charge in [-0.2, -0.15) is 0 Å². The van der Waals surface area contributed by atoms with E-state index < -0.39 is 10.0 Å². The van der Waals surface area contributed by atoms with Gasteiger partial charge in [0.25, 0.3) is 0 Å². The number of nitrogen functional groups attached to an aromatic ring is 1. The number of sulfonamides is 1. The highest BCUT2D eigenvalue weighted by Gasteiger charge is 2.14. The van der Waals surface area contributed by atoms with Crippen LogP contribution in [0.15, 0.2) is 23.1 Å². The standard InChI is InChI=1S/C13H22N4O3S/c1-9(2)7-16-13(18)8-17(3)12-5-4-10(6-11(12)14)21(15,19)20/h4-6,9H,7-8,14H2,1-3H3,(H,16,18)(H2,15,19,20). The van der Waals surface area contributed by atoms with Crippen LogP contribution >= 0.6 is 0 Å². The molecule has 0 bridgehead atoms. The molecule has 0 atom stereocenters. The summed E-state index contributed by atoms with van der Waals surface area (Å²) in [6.07, 6.45) is 0. The molecule has 0 unspecified atom stereocenters. The highest BCUT2D eigenvalue weighted by molar-refractivity contribution is 7.89. The Kier molecular flexibility index (Phi) is 5.56. The number of benzene rings is 1. The van der Waals surface area contributed by atoms with Crippen LogP contribution in [0.1, 0.15) is 13.8 Å². The third-order valence-corrected chi connectivity index (χ3v) is 3.74. The van der Waals surface area contributed by atoms with Gasteiger partial charge in [-0.15, -0.1) is 0 Å². The SMILES string of the molecule is CC(C)CNC(=O)CN(C)c1ccc(S(N)(=O)=O)cc1N. The molecule has 0 spiro atoms. The van der Waals surface area contributed by atoms with E-state index in [4.69, 9.17) is 10.9 Å². The molecule has 1 amide bonds. The van der Waals surface area contributed by atoms with Gasteiger partial charge in [0.2, 0.25) is 15.9 Å². The van der Waals surface area contributed by atoms with Crippen LogP contribution in [0, 0.1) is 5.92 Å². The third-order valence-electron chi connectivity index (χ3n) is 2.83. The fraction of sp³-hybridized carbons (Fsp3) is 0.462. The minimum Gasteiger partial charge on any atom is -0.397 e. The van der Waals surface area contributed by atoms with Crippen molar-refractivity contribution < 1.29 is 13.2 Å². The Balaban J connectivity index is 2.79. The number of hydrogen-bond donors (Lipinski definition) is 3. The van der Waals surface area contributed by atoms with Crippen molar-refractivity contribution in [3.8, 4) is 0 Å². The van der Waals surface area contributed by atoms with Crippen LogP contribution in [-0.2, 0) is 14.8 Å². The van der Waals surface area contributed by atoms with Gasteiger partial charge in [-0.1, -0.05) is 13.8 Å². The molecule has 0 aliphatic carbocycles. The van der Waals surface area contributed by atoms with Crippen molar-refractivity contribution in [1.29, 1.82) is 0 Å². The van der Waals surface area contributed by atoms with Crippen LogP contribution < -0.4 is 21.1 Å². The predicted molar refractivity (Wildman–Crippen MR) is 83.3 cm³/mol. The average Bonchev–Trinajstić information content (AvgIpc) is 2.34. The van der Waals surface area contributed by atoms with Crippen LogP contribution in [-0.4, -0.2) is 34.5 Å². The van der Waals surface area contributed by atoms with Gasteiger partial charge in [-0.25, -0.2) is 13.6 Å². The van der Waals surface area contributed by atoms with Crippen molar-refractivity contribution >= 4 is 27.3 Å². The monoisotopic (exact) mass is 314 g/mol. The highest BCUT2D eigenvalue weighted by Crippen LogP contribution is 2.24. The van der Waals surface area contributed by atoms with Gasteiger partial charge in [0.1, 0.15) is 0 Å². The van der Waals surface area contributed by atoms with E-state index in [1.807, 2.05) is 13.8 Å². The lowest BCUT2D eigenvalue weighted by molar-refractivity contribution is -0.119. The van der Waals surface area contributed by atoms with Crippen LogP contribution in [0.3, 0.4) is 0 Å². The van der Waals surface area contributed by atoms with Crippen LogP contribution in [0.2, 0.25) is 0 Å². The first-order valence-electron chi connectivity index (χ1n) is 6.51. The Morgan fingerprint density at radius 1 is 1.38 bits per heavy atom. The topological polar surface area (TPSA) is 119 Å². The molecule has 21 heavy (non-hydrogen) atoms. The lowest BCUT2D eigenvalue weighted by Gasteiger charge is -2.21. The number of likely N-dealkylation sites (N-methyl/N-ethyl adjacent to an activating group) is 1. The van der Waals surface area contributed by atoms with E-state index in [0.717, 1.165) is 0 Å². The molecule has 1 aromatic carbocycles. The quantitative estimate of drug-likeness (QED) is 0.645. The van der Waals surface area contributed by atoms with Gasteiger partial charge in [0, 0.05) is 13.6 Å². The number of primary sulfonamides is 1. The second-order valence-corrected chi connectivity index (χ2v) is 6.88. The average molecular weight is 314 g/mol. The molecule has 1 rings (SSSR count). The molecule has 7 nitrogen and oxygen atoms in total. The number of nitrogens with one attached hydrogen (secondary N) is 1. The zero-order valence-electron chi connectivity index (χ0n) is 12.5. The Bertz CT molecular complexity index is 614. The van der Waals surface area contributed by atoms with Crippen LogP contribution in [0.25, 0.3) is 0 Å².